The predicted molar refractivity (Wildman–Crippen MR) is 134 cm³/mol. The van der Waals surface area contributed by atoms with Crippen molar-refractivity contribution in [1.29, 1.82) is 0 Å². The Morgan fingerprint density at radius 3 is 2.56 bits per heavy atom. The van der Waals surface area contributed by atoms with Gasteiger partial charge in [0, 0.05) is 23.9 Å². The molecular formula is C25H31N5O3S. The molecule has 0 fully saturated rings. The summed E-state index contributed by atoms with van der Waals surface area (Å²) in [6, 6.07) is 14.4. The van der Waals surface area contributed by atoms with Gasteiger partial charge in [-0.1, -0.05) is 49.4 Å². The molecule has 1 aromatic heterocycles. The minimum atomic E-state index is -0.319. The van der Waals surface area contributed by atoms with Gasteiger partial charge in [-0.05, 0) is 44.0 Å². The van der Waals surface area contributed by atoms with Crippen LogP contribution in [0.3, 0.4) is 0 Å². The largest absolute Gasteiger partial charge is 0.497 e. The molecule has 0 bridgehead atoms. The molecule has 2 aromatic carbocycles. The van der Waals surface area contributed by atoms with Crippen molar-refractivity contribution in [2.45, 2.75) is 45.4 Å². The Morgan fingerprint density at radius 2 is 1.88 bits per heavy atom. The molecule has 0 aliphatic heterocycles. The smallest absolute Gasteiger partial charge is 0.251 e. The summed E-state index contributed by atoms with van der Waals surface area (Å²) in [5, 5.41) is 15.3. The summed E-state index contributed by atoms with van der Waals surface area (Å²) in [5.41, 5.74) is 2.30. The van der Waals surface area contributed by atoms with Gasteiger partial charge in [0.15, 0.2) is 11.0 Å². The Hall–Kier alpha value is -3.33. The van der Waals surface area contributed by atoms with E-state index < -0.39 is 0 Å². The normalized spacial score (nSPS) is 11.8. The van der Waals surface area contributed by atoms with E-state index >= 15 is 0 Å². The molecular weight excluding hydrogens is 450 g/mol. The van der Waals surface area contributed by atoms with Gasteiger partial charge in [-0.2, -0.15) is 0 Å². The molecule has 1 heterocycles. The van der Waals surface area contributed by atoms with Crippen molar-refractivity contribution in [3.8, 4) is 5.75 Å². The van der Waals surface area contributed by atoms with Crippen molar-refractivity contribution < 1.29 is 14.3 Å². The van der Waals surface area contributed by atoms with Gasteiger partial charge in [-0.15, -0.1) is 10.2 Å². The Bertz CT molecular complexity index is 1150. The number of benzene rings is 2. The van der Waals surface area contributed by atoms with Crippen molar-refractivity contribution in [3.05, 3.63) is 65.5 Å². The van der Waals surface area contributed by atoms with Gasteiger partial charge in [0.25, 0.3) is 5.91 Å². The Balaban J connectivity index is 1.70. The maximum Gasteiger partial charge on any atom is 0.251 e. The summed E-state index contributed by atoms with van der Waals surface area (Å²) >= 11 is 1.31. The number of anilines is 1. The number of hydrogen-bond acceptors (Lipinski definition) is 6. The topological polar surface area (TPSA) is 98.1 Å². The second kappa shape index (κ2) is 11.7. The van der Waals surface area contributed by atoms with E-state index in [1.54, 1.807) is 19.2 Å². The number of hydrogen-bond donors (Lipinski definition) is 2. The Labute approximate surface area is 204 Å². The van der Waals surface area contributed by atoms with E-state index in [0.29, 0.717) is 34.5 Å². The van der Waals surface area contributed by atoms with Crippen LogP contribution in [0.1, 0.15) is 48.6 Å². The Kier molecular flexibility index (Phi) is 8.70. The van der Waals surface area contributed by atoms with Gasteiger partial charge < -0.3 is 19.9 Å². The number of nitrogens with zero attached hydrogens (tertiary/aromatic N) is 3. The van der Waals surface area contributed by atoms with Gasteiger partial charge in [-0.3, -0.25) is 9.59 Å². The maximum absolute atomic E-state index is 12.9. The highest BCUT2D eigenvalue weighted by molar-refractivity contribution is 7.99. The van der Waals surface area contributed by atoms with Crippen LogP contribution in [-0.4, -0.2) is 39.4 Å². The van der Waals surface area contributed by atoms with Crippen LogP contribution in [0.15, 0.2) is 53.7 Å². The highest BCUT2D eigenvalue weighted by atomic mass is 32.2. The molecule has 0 radical (unpaired) electrons. The second-order valence-corrected chi connectivity index (χ2v) is 9.16. The molecule has 2 amide bonds. The van der Waals surface area contributed by atoms with Gasteiger partial charge in [0.1, 0.15) is 5.75 Å². The lowest BCUT2D eigenvalue weighted by Gasteiger charge is -2.22. The number of amides is 2. The first-order valence-electron chi connectivity index (χ1n) is 11.2. The molecule has 0 saturated carbocycles. The van der Waals surface area contributed by atoms with E-state index in [1.807, 2.05) is 68.7 Å². The number of carbonyl (C=O) groups is 2. The minimum Gasteiger partial charge on any atom is -0.497 e. The van der Waals surface area contributed by atoms with Crippen LogP contribution >= 0.6 is 11.8 Å². The highest BCUT2D eigenvalue weighted by Crippen LogP contribution is 2.26. The third kappa shape index (κ3) is 6.38. The van der Waals surface area contributed by atoms with Gasteiger partial charge in [-0.25, -0.2) is 0 Å². The van der Waals surface area contributed by atoms with E-state index in [1.165, 1.54) is 11.8 Å². The molecule has 0 spiro atoms. The zero-order valence-corrected chi connectivity index (χ0v) is 21.0. The second-order valence-electron chi connectivity index (χ2n) is 8.22. The number of ether oxygens (including phenoxy) is 1. The average Bonchev–Trinajstić information content (AvgIpc) is 3.23. The van der Waals surface area contributed by atoms with E-state index in [2.05, 4.69) is 20.8 Å². The maximum atomic E-state index is 12.9. The zero-order chi connectivity index (χ0) is 24.7. The number of nitrogens with one attached hydrogen (secondary N) is 2. The van der Waals surface area contributed by atoms with Gasteiger partial charge in [0.05, 0.1) is 18.9 Å². The van der Waals surface area contributed by atoms with Crippen LogP contribution in [0.2, 0.25) is 0 Å². The summed E-state index contributed by atoms with van der Waals surface area (Å²) < 4.78 is 7.14. The lowest BCUT2D eigenvalue weighted by atomic mass is 10.0. The van der Waals surface area contributed by atoms with Gasteiger partial charge >= 0.3 is 0 Å². The van der Waals surface area contributed by atoms with Crippen LogP contribution in [0, 0.1) is 12.8 Å². The van der Waals surface area contributed by atoms with E-state index in [-0.39, 0.29) is 29.5 Å². The quantitative estimate of drug-likeness (QED) is 0.415. The van der Waals surface area contributed by atoms with E-state index in [9.17, 15) is 9.59 Å². The standard InChI is InChI=1S/C25H31N5O3S/c1-6-30-23(22(16(2)3)27-24(32)18-10-7-9-17(4)13-18)28-29-25(30)34-15-21(31)26-19-11-8-12-20(14-19)33-5/h7-14,16,22H,6,15H2,1-5H3,(H,26,31)(H,27,32)/t22-/m0/s1. The average molecular weight is 482 g/mol. The van der Waals surface area contributed by atoms with Crippen LogP contribution in [0.4, 0.5) is 5.69 Å². The third-order valence-electron chi connectivity index (χ3n) is 5.26. The lowest BCUT2D eigenvalue weighted by molar-refractivity contribution is -0.113. The fourth-order valence-electron chi connectivity index (χ4n) is 3.50. The summed E-state index contributed by atoms with van der Waals surface area (Å²) in [7, 11) is 1.58. The molecule has 34 heavy (non-hydrogen) atoms. The molecule has 8 nitrogen and oxygen atoms in total. The first-order chi connectivity index (χ1) is 16.3. The summed E-state index contributed by atoms with van der Waals surface area (Å²) in [5.74, 6) is 1.32. The highest BCUT2D eigenvalue weighted by Gasteiger charge is 2.26. The SMILES string of the molecule is CCn1c(SCC(=O)Nc2cccc(OC)c2)nnc1[C@@H](NC(=O)c1cccc(C)c1)C(C)C. The van der Waals surface area contributed by atoms with Crippen molar-refractivity contribution in [3.63, 3.8) is 0 Å². The summed E-state index contributed by atoms with van der Waals surface area (Å²) in [6.07, 6.45) is 0. The predicted octanol–water partition coefficient (Wildman–Crippen LogP) is 4.47. The van der Waals surface area contributed by atoms with Crippen LogP contribution < -0.4 is 15.4 Å². The summed E-state index contributed by atoms with van der Waals surface area (Å²) in [6.45, 7) is 8.63. The van der Waals surface area contributed by atoms with E-state index in [4.69, 9.17) is 4.74 Å². The van der Waals surface area contributed by atoms with Crippen LogP contribution in [0.25, 0.3) is 0 Å². The number of thioether (sulfide) groups is 1. The minimum absolute atomic E-state index is 0.0949. The van der Waals surface area contributed by atoms with Crippen molar-refractivity contribution >= 4 is 29.3 Å². The molecule has 9 heteroatoms. The lowest BCUT2D eigenvalue weighted by Crippen LogP contribution is -2.33. The number of aryl methyl sites for hydroxylation is 1. The molecule has 0 saturated heterocycles. The van der Waals surface area contributed by atoms with Crippen molar-refractivity contribution in [2.75, 3.05) is 18.2 Å². The molecule has 3 rings (SSSR count). The number of aromatic nitrogens is 3. The first kappa shape index (κ1) is 25.3. The Morgan fingerprint density at radius 1 is 1.12 bits per heavy atom. The van der Waals surface area contributed by atoms with Crippen LogP contribution in [-0.2, 0) is 11.3 Å². The first-order valence-corrected chi connectivity index (χ1v) is 12.2. The molecule has 0 aliphatic carbocycles. The fraction of sp³-hybridized carbons (Fsp3) is 0.360. The molecule has 0 unspecified atom stereocenters. The molecule has 0 aliphatic rings. The van der Waals surface area contributed by atoms with Crippen molar-refractivity contribution in [2.24, 2.45) is 5.92 Å². The van der Waals surface area contributed by atoms with Gasteiger partial charge in [0.2, 0.25) is 5.91 Å². The number of methoxy groups -OCH3 is 1. The molecule has 3 aromatic rings. The van der Waals surface area contributed by atoms with Crippen molar-refractivity contribution in [1.82, 2.24) is 20.1 Å². The van der Waals surface area contributed by atoms with Crippen LogP contribution in [0.5, 0.6) is 5.75 Å². The molecule has 2 N–H and O–H groups in total. The number of carbonyl (C=O) groups excluding carboxylic acids is 2. The molecule has 180 valence electrons. The fourth-order valence-corrected chi connectivity index (χ4v) is 4.31. The third-order valence-corrected chi connectivity index (χ3v) is 6.23. The summed E-state index contributed by atoms with van der Waals surface area (Å²) in [4.78, 5) is 25.4. The van der Waals surface area contributed by atoms with E-state index in [0.717, 1.165) is 5.56 Å². The molecule has 1 atom stereocenters. The zero-order valence-electron chi connectivity index (χ0n) is 20.2. The monoisotopic (exact) mass is 481 g/mol. The number of rotatable bonds is 10.